The molecule has 0 bridgehead atoms. The fourth-order valence-corrected chi connectivity index (χ4v) is 2.27. The highest BCUT2D eigenvalue weighted by Gasteiger charge is 2.21. The molecule has 17 heavy (non-hydrogen) atoms. The van der Waals surface area contributed by atoms with Gasteiger partial charge in [-0.15, -0.1) is 0 Å². The molecule has 92 valence electrons. The Morgan fingerprint density at radius 3 is 2.65 bits per heavy atom. The van der Waals surface area contributed by atoms with E-state index in [9.17, 15) is 9.90 Å². The maximum atomic E-state index is 12.1. The Balaban J connectivity index is 2.11. The molecule has 0 aromatic heterocycles. The number of carbonyl (C=O) groups excluding carboxylic acids is 1. The summed E-state index contributed by atoms with van der Waals surface area (Å²) < 4.78 is 0.750. The second-order valence-corrected chi connectivity index (χ2v) is 5.46. The van der Waals surface area contributed by atoms with Gasteiger partial charge in [0.15, 0.2) is 0 Å². The molecule has 0 radical (unpaired) electrons. The number of carbonyl (C=O) groups is 1. The molecule has 1 aromatic carbocycles. The van der Waals surface area contributed by atoms with Crippen molar-refractivity contribution in [1.29, 1.82) is 0 Å². The third-order valence-electron chi connectivity index (χ3n) is 3.02. The number of hydrogen-bond acceptors (Lipinski definition) is 3. The summed E-state index contributed by atoms with van der Waals surface area (Å²) in [5.41, 5.74) is 6.34. The van der Waals surface area contributed by atoms with Gasteiger partial charge in [0.05, 0.1) is 3.57 Å². The molecule has 1 aromatic rings. The van der Waals surface area contributed by atoms with Gasteiger partial charge >= 0.3 is 0 Å². The van der Waals surface area contributed by atoms with Crippen molar-refractivity contribution < 1.29 is 9.90 Å². The number of amides is 1. The molecule has 0 atom stereocenters. The maximum absolute atomic E-state index is 12.1. The minimum Gasteiger partial charge on any atom is -0.507 e. The van der Waals surface area contributed by atoms with E-state index in [4.69, 9.17) is 5.73 Å². The molecule has 1 aliphatic rings. The molecule has 1 amide bonds. The molecule has 4 nitrogen and oxygen atoms in total. The third kappa shape index (κ3) is 2.90. The zero-order chi connectivity index (χ0) is 12.4. The van der Waals surface area contributed by atoms with Crippen molar-refractivity contribution in [3.8, 4) is 5.75 Å². The second kappa shape index (κ2) is 5.22. The van der Waals surface area contributed by atoms with Crippen LogP contribution < -0.4 is 5.73 Å². The summed E-state index contributed by atoms with van der Waals surface area (Å²) in [5, 5.41) is 9.59. The van der Waals surface area contributed by atoms with Gasteiger partial charge in [0.1, 0.15) is 5.75 Å². The van der Waals surface area contributed by atoms with Gasteiger partial charge in [-0.2, -0.15) is 0 Å². The quantitative estimate of drug-likeness (QED) is 0.759. The molecule has 0 spiro atoms. The first-order valence-electron chi connectivity index (χ1n) is 5.61. The average molecular weight is 346 g/mol. The van der Waals surface area contributed by atoms with Crippen LogP contribution in [-0.2, 0) is 0 Å². The van der Waals surface area contributed by atoms with E-state index in [1.54, 1.807) is 17.0 Å². The highest BCUT2D eigenvalue weighted by atomic mass is 127. The van der Waals surface area contributed by atoms with E-state index in [1.807, 2.05) is 22.6 Å². The molecular formula is C12H15IN2O2. The van der Waals surface area contributed by atoms with Crippen LogP contribution >= 0.6 is 22.6 Å². The Labute approximate surface area is 114 Å². The number of halogens is 1. The molecule has 3 N–H and O–H groups in total. The minimum atomic E-state index is -0.0244. The number of hydrogen-bond donors (Lipinski definition) is 2. The van der Waals surface area contributed by atoms with Crippen LogP contribution in [0.2, 0.25) is 0 Å². The van der Waals surface area contributed by atoms with Crippen molar-refractivity contribution in [1.82, 2.24) is 4.90 Å². The van der Waals surface area contributed by atoms with E-state index < -0.39 is 0 Å². The number of benzene rings is 1. The van der Waals surface area contributed by atoms with Crippen molar-refractivity contribution in [2.45, 2.75) is 18.9 Å². The normalized spacial score (nSPS) is 17.2. The Morgan fingerprint density at radius 1 is 1.41 bits per heavy atom. The molecule has 1 aliphatic heterocycles. The van der Waals surface area contributed by atoms with Crippen LogP contribution in [0.25, 0.3) is 0 Å². The van der Waals surface area contributed by atoms with Crippen molar-refractivity contribution in [2.75, 3.05) is 13.1 Å². The largest absolute Gasteiger partial charge is 0.507 e. The van der Waals surface area contributed by atoms with Crippen LogP contribution in [0.4, 0.5) is 0 Å². The van der Waals surface area contributed by atoms with Gasteiger partial charge in [0, 0.05) is 24.7 Å². The Kier molecular flexibility index (Phi) is 3.88. The van der Waals surface area contributed by atoms with Crippen LogP contribution in [-0.4, -0.2) is 35.0 Å². The molecule has 5 heteroatoms. The fraction of sp³-hybridized carbons (Fsp3) is 0.417. The van der Waals surface area contributed by atoms with Crippen LogP contribution in [0.3, 0.4) is 0 Å². The number of likely N-dealkylation sites (tertiary alicyclic amines) is 1. The van der Waals surface area contributed by atoms with Crippen LogP contribution in [0, 0.1) is 3.57 Å². The SMILES string of the molecule is NC1CCN(C(=O)c2ccc(I)c(O)c2)CC1. The Bertz CT molecular complexity index is 429. The van der Waals surface area contributed by atoms with E-state index in [2.05, 4.69) is 0 Å². The summed E-state index contributed by atoms with van der Waals surface area (Å²) >= 11 is 2.03. The van der Waals surface area contributed by atoms with E-state index in [-0.39, 0.29) is 17.7 Å². The summed E-state index contributed by atoms with van der Waals surface area (Å²) in [7, 11) is 0. The van der Waals surface area contributed by atoms with Crippen LogP contribution in [0.5, 0.6) is 5.75 Å². The zero-order valence-corrected chi connectivity index (χ0v) is 11.6. The van der Waals surface area contributed by atoms with E-state index in [0.717, 1.165) is 16.4 Å². The maximum Gasteiger partial charge on any atom is 0.253 e. The topological polar surface area (TPSA) is 66.6 Å². The summed E-state index contributed by atoms with van der Waals surface area (Å²) in [6.45, 7) is 1.40. The monoisotopic (exact) mass is 346 g/mol. The predicted octanol–water partition coefficient (Wildman–Crippen LogP) is 1.56. The number of aromatic hydroxyl groups is 1. The fourth-order valence-electron chi connectivity index (χ4n) is 1.93. The first-order valence-corrected chi connectivity index (χ1v) is 6.69. The Morgan fingerprint density at radius 2 is 2.06 bits per heavy atom. The van der Waals surface area contributed by atoms with Gasteiger partial charge in [-0.05, 0) is 53.6 Å². The number of piperidine rings is 1. The number of nitrogens with zero attached hydrogens (tertiary/aromatic N) is 1. The first-order chi connectivity index (χ1) is 8.08. The highest BCUT2D eigenvalue weighted by Crippen LogP contribution is 2.22. The van der Waals surface area contributed by atoms with Crippen LogP contribution in [0.15, 0.2) is 18.2 Å². The summed E-state index contributed by atoms with van der Waals surface area (Å²) in [4.78, 5) is 13.9. The summed E-state index contributed by atoms with van der Waals surface area (Å²) in [6.07, 6.45) is 1.70. The lowest BCUT2D eigenvalue weighted by molar-refractivity contribution is 0.0714. The Hall–Kier alpha value is -0.820. The van der Waals surface area contributed by atoms with Crippen molar-refractivity contribution >= 4 is 28.5 Å². The molecular weight excluding hydrogens is 331 g/mol. The lowest BCUT2D eigenvalue weighted by atomic mass is 10.0. The molecule has 1 heterocycles. The average Bonchev–Trinajstić information content (AvgIpc) is 2.33. The molecule has 0 aliphatic carbocycles. The third-order valence-corrected chi connectivity index (χ3v) is 3.93. The number of rotatable bonds is 1. The number of phenols is 1. The van der Waals surface area contributed by atoms with Gasteiger partial charge in [-0.3, -0.25) is 4.79 Å². The first kappa shape index (κ1) is 12.6. The smallest absolute Gasteiger partial charge is 0.253 e. The predicted molar refractivity (Wildman–Crippen MR) is 73.9 cm³/mol. The summed E-state index contributed by atoms with van der Waals surface area (Å²) in [5.74, 6) is 0.133. The van der Waals surface area contributed by atoms with E-state index in [0.29, 0.717) is 18.7 Å². The van der Waals surface area contributed by atoms with Gasteiger partial charge < -0.3 is 15.7 Å². The van der Waals surface area contributed by atoms with Gasteiger partial charge in [-0.1, -0.05) is 0 Å². The molecule has 2 rings (SSSR count). The van der Waals surface area contributed by atoms with Gasteiger partial charge in [-0.25, -0.2) is 0 Å². The van der Waals surface area contributed by atoms with Crippen molar-refractivity contribution in [2.24, 2.45) is 5.73 Å². The van der Waals surface area contributed by atoms with Gasteiger partial charge in [0.25, 0.3) is 5.91 Å². The highest BCUT2D eigenvalue weighted by molar-refractivity contribution is 14.1. The van der Waals surface area contributed by atoms with Crippen LogP contribution in [0.1, 0.15) is 23.2 Å². The van der Waals surface area contributed by atoms with Gasteiger partial charge in [0.2, 0.25) is 0 Å². The van der Waals surface area contributed by atoms with Crippen molar-refractivity contribution in [3.05, 3.63) is 27.3 Å². The number of nitrogens with two attached hydrogens (primary N) is 1. The van der Waals surface area contributed by atoms with E-state index in [1.165, 1.54) is 6.07 Å². The molecule has 0 unspecified atom stereocenters. The zero-order valence-electron chi connectivity index (χ0n) is 9.40. The minimum absolute atomic E-state index is 0.0244. The van der Waals surface area contributed by atoms with Crippen molar-refractivity contribution in [3.63, 3.8) is 0 Å². The molecule has 0 saturated carbocycles. The molecule has 1 fully saturated rings. The van der Waals surface area contributed by atoms with E-state index >= 15 is 0 Å². The standard InChI is InChI=1S/C12H15IN2O2/c13-10-2-1-8(7-11(10)16)12(17)15-5-3-9(14)4-6-15/h1-2,7,9,16H,3-6,14H2. The second-order valence-electron chi connectivity index (χ2n) is 4.30. The lowest BCUT2D eigenvalue weighted by Crippen LogP contribution is -2.42. The number of phenolic OH excluding ortho intramolecular Hbond substituents is 1. The molecule has 1 saturated heterocycles. The summed E-state index contributed by atoms with van der Waals surface area (Å²) in [6, 6.07) is 5.24. The lowest BCUT2D eigenvalue weighted by Gasteiger charge is -2.30.